The van der Waals surface area contributed by atoms with E-state index in [1.807, 2.05) is 33.8 Å². The fourth-order valence-electron chi connectivity index (χ4n) is 2.12. The molecule has 1 fully saturated rings. The molecule has 5 heteroatoms. The third kappa shape index (κ3) is 2.62. The van der Waals surface area contributed by atoms with Gasteiger partial charge in [0.05, 0.1) is 11.2 Å². The molecule has 0 saturated carbocycles. The molecule has 0 radical (unpaired) electrons. The van der Waals surface area contributed by atoms with Crippen molar-refractivity contribution in [2.24, 2.45) is 0 Å². The number of pyridine rings is 1. The van der Waals surface area contributed by atoms with Gasteiger partial charge in [-0.3, -0.25) is 4.79 Å². The summed E-state index contributed by atoms with van der Waals surface area (Å²) < 4.78 is 12.0. The Morgan fingerprint density at radius 2 is 1.79 bits per heavy atom. The first kappa shape index (κ1) is 14.3. The van der Waals surface area contributed by atoms with Crippen LogP contribution in [0.15, 0.2) is 17.1 Å². The second kappa shape index (κ2) is 4.80. The van der Waals surface area contributed by atoms with Gasteiger partial charge in [-0.05, 0) is 39.6 Å². The maximum Gasteiger partial charge on any atom is 0.496 e. The minimum atomic E-state index is -0.419. The van der Waals surface area contributed by atoms with Crippen molar-refractivity contribution in [2.45, 2.75) is 58.7 Å². The van der Waals surface area contributed by atoms with E-state index in [0.29, 0.717) is 0 Å². The number of H-pyrrole nitrogens is 1. The lowest BCUT2D eigenvalue weighted by Gasteiger charge is -2.32. The van der Waals surface area contributed by atoms with Crippen LogP contribution in [0.5, 0.6) is 0 Å². The van der Waals surface area contributed by atoms with Gasteiger partial charge >= 0.3 is 7.12 Å². The average Bonchev–Trinajstić information content (AvgIpc) is 2.51. The zero-order chi connectivity index (χ0) is 14.3. The Hall–Kier alpha value is -1.07. The van der Waals surface area contributed by atoms with Gasteiger partial charge in [-0.25, -0.2) is 0 Å². The minimum Gasteiger partial charge on any atom is -0.399 e. The Morgan fingerprint density at radius 1 is 1.21 bits per heavy atom. The molecule has 0 aromatic carbocycles. The molecule has 1 N–H and O–H groups in total. The van der Waals surface area contributed by atoms with Crippen molar-refractivity contribution in [1.82, 2.24) is 4.98 Å². The Labute approximate surface area is 114 Å². The van der Waals surface area contributed by atoms with Crippen molar-refractivity contribution < 1.29 is 9.31 Å². The van der Waals surface area contributed by atoms with Gasteiger partial charge in [-0.1, -0.05) is 19.4 Å². The molecule has 0 bridgehead atoms. The van der Waals surface area contributed by atoms with Crippen LogP contribution in [0.4, 0.5) is 0 Å². The SMILES string of the molecule is CCCc1cc(B2OC(C)(C)C(C)(C)O2)c[nH]c1=O. The molecule has 104 valence electrons. The van der Waals surface area contributed by atoms with Crippen LogP contribution in [-0.2, 0) is 15.7 Å². The van der Waals surface area contributed by atoms with Crippen molar-refractivity contribution in [3.05, 3.63) is 28.2 Å². The summed E-state index contributed by atoms with van der Waals surface area (Å²) in [6.45, 7) is 10.1. The van der Waals surface area contributed by atoms with Gasteiger partial charge in [0.1, 0.15) is 0 Å². The van der Waals surface area contributed by atoms with Gasteiger partial charge in [0.15, 0.2) is 0 Å². The summed E-state index contributed by atoms with van der Waals surface area (Å²) in [4.78, 5) is 14.5. The first-order chi connectivity index (χ1) is 8.77. The van der Waals surface area contributed by atoms with E-state index in [1.165, 1.54) is 0 Å². The second-order valence-corrected chi connectivity index (χ2v) is 6.13. The summed E-state index contributed by atoms with van der Waals surface area (Å²) in [6, 6.07) is 1.89. The second-order valence-electron chi connectivity index (χ2n) is 6.13. The molecule has 1 aromatic heterocycles. The number of rotatable bonds is 3. The van der Waals surface area contributed by atoms with Crippen LogP contribution in [0.2, 0.25) is 0 Å². The number of hydrogen-bond donors (Lipinski definition) is 1. The standard InChI is InChI=1S/C14H22BNO3/c1-6-7-10-8-11(9-16-12(10)17)15-18-13(2,3)14(4,5)19-15/h8-9H,6-7H2,1-5H3,(H,16,17). The molecule has 1 saturated heterocycles. The van der Waals surface area contributed by atoms with Crippen LogP contribution < -0.4 is 11.0 Å². The molecule has 1 aliphatic heterocycles. The minimum absolute atomic E-state index is 0.0258. The van der Waals surface area contributed by atoms with Gasteiger partial charge in [0.2, 0.25) is 0 Å². The Kier molecular flexibility index (Phi) is 3.62. The lowest BCUT2D eigenvalue weighted by Crippen LogP contribution is -2.41. The van der Waals surface area contributed by atoms with Crippen LogP contribution in [0.3, 0.4) is 0 Å². The molecule has 0 aliphatic carbocycles. The third-order valence-electron chi connectivity index (χ3n) is 4.05. The normalized spacial score (nSPS) is 20.8. The van der Waals surface area contributed by atoms with Crippen molar-refractivity contribution in [3.63, 3.8) is 0 Å². The van der Waals surface area contributed by atoms with Crippen molar-refractivity contribution in [1.29, 1.82) is 0 Å². The van der Waals surface area contributed by atoms with E-state index in [1.54, 1.807) is 6.20 Å². The largest absolute Gasteiger partial charge is 0.496 e. The first-order valence-corrected chi connectivity index (χ1v) is 6.84. The number of hydrogen-bond acceptors (Lipinski definition) is 3. The van der Waals surface area contributed by atoms with E-state index in [0.717, 1.165) is 23.9 Å². The topological polar surface area (TPSA) is 51.3 Å². The van der Waals surface area contributed by atoms with Crippen molar-refractivity contribution in [2.75, 3.05) is 0 Å². The molecule has 1 aliphatic rings. The van der Waals surface area contributed by atoms with E-state index in [-0.39, 0.29) is 16.8 Å². The summed E-state index contributed by atoms with van der Waals surface area (Å²) in [5.74, 6) is 0. The maximum absolute atomic E-state index is 11.7. The zero-order valence-electron chi connectivity index (χ0n) is 12.4. The molecule has 1 aromatic rings. The smallest absolute Gasteiger partial charge is 0.399 e. The molecule has 2 rings (SSSR count). The van der Waals surface area contributed by atoms with Gasteiger partial charge in [-0.15, -0.1) is 0 Å². The highest BCUT2D eigenvalue weighted by molar-refractivity contribution is 6.62. The van der Waals surface area contributed by atoms with E-state index in [4.69, 9.17) is 9.31 Å². The molecule has 19 heavy (non-hydrogen) atoms. The Bertz CT molecular complexity index is 506. The highest BCUT2D eigenvalue weighted by Gasteiger charge is 2.51. The van der Waals surface area contributed by atoms with Gasteiger partial charge in [-0.2, -0.15) is 0 Å². The molecule has 0 spiro atoms. The fraction of sp³-hybridized carbons (Fsp3) is 0.643. The molecular formula is C14H22BNO3. The summed E-state index contributed by atoms with van der Waals surface area (Å²) in [7, 11) is -0.419. The van der Waals surface area contributed by atoms with Gasteiger partial charge in [0, 0.05) is 11.8 Å². The first-order valence-electron chi connectivity index (χ1n) is 6.84. The van der Waals surface area contributed by atoms with Crippen LogP contribution in [0.1, 0.15) is 46.6 Å². The molecular weight excluding hydrogens is 241 g/mol. The number of aryl methyl sites for hydroxylation is 1. The van der Waals surface area contributed by atoms with Crippen molar-refractivity contribution in [3.8, 4) is 0 Å². The maximum atomic E-state index is 11.7. The van der Waals surface area contributed by atoms with Crippen LogP contribution in [0, 0.1) is 0 Å². The van der Waals surface area contributed by atoms with E-state index >= 15 is 0 Å². The third-order valence-corrected chi connectivity index (χ3v) is 4.05. The van der Waals surface area contributed by atoms with Gasteiger partial charge in [0.25, 0.3) is 5.56 Å². The number of nitrogens with one attached hydrogen (secondary N) is 1. The summed E-state index contributed by atoms with van der Waals surface area (Å²) >= 11 is 0. The zero-order valence-corrected chi connectivity index (χ0v) is 12.4. The Balaban J connectivity index is 2.30. The van der Waals surface area contributed by atoms with Crippen LogP contribution in [-0.4, -0.2) is 23.3 Å². The lowest BCUT2D eigenvalue weighted by atomic mass is 9.79. The van der Waals surface area contributed by atoms with Gasteiger partial charge < -0.3 is 14.3 Å². The van der Waals surface area contributed by atoms with E-state index in [2.05, 4.69) is 11.9 Å². The molecule has 2 heterocycles. The van der Waals surface area contributed by atoms with Crippen LogP contribution >= 0.6 is 0 Å². The van der Waals surface area contributed by atoms with Crippen molar-refractivity contribution >= 4 is 12.6 Å². The van der Waals surface area contributed by atoms with Crippen LogP contribution in [0.25, 0.3) is 0 Å². The summed E-state index contributed by atoms with van der Waals surface area (Å²) in [5.41, 5.74) is 0.913. The Morgan fingerprint density at radius 3 is 2.32 bits per heavy atom. The summed E-state index contributed by atoms with van der Waals surface area (Å²) in [6.07, 6.45) is 3.39. The average molecular weight is 263 g/mol. The molecule has 4 nitrogen and oxygen atoms in total. The lowest BCUT2D eigenvalue weighted by molar-refractivity contribution is 0.00578. The quantitative estimate of drug-likeness (QED) is 0.843. The highest BCUT2D eigenvalue weighted by Crippen LogP contribution is 2.36. The number of aromatic nitrogens is 1. The van der Waals surface area contributed by atoms with E-state index in [9.17, 15) is 4.79 Å². The fourth-order valence-corrected chi connectivity index (χ4v) is 2.12. The molecule has 0 atom stereocenters. The molecule has 0 unspecified atom stereocenters. The number of aromatic amines is 1. The highest BCUT2D eigenvalue weighted by atomic mass is 16.7. The van der Waals surface area contributed by atoms with E-state index < -0.39 is 7.12 Å². The monoisotopic (exact) mass is 263 g/mol. The molecule has 0 amide bonds. The predicted molar refractivity (Wildman–Crippen MR) is 76.8 cm³/mol. The summed E-state index contributed by atoms with van der Waals surface area (Å²) in [5, 5.41) is 0. The predicted octanol–water partition coefficient (Wildman–Crippen LogP) is 1.63.